The molecule has 3 nitrogen and oxygen atoms in total. The van der Waals surface area contributed by atoms with Gasteiger partial charge in [0.2, 0.25) is 0 Å². The summed E-state index contributed by atoms with van der Waals surface area (Å²) in [7, 11) is 0. The van der Waals surface area contributed by atoms with E-state index in [-0.39, 0.29) is 6.61 Å². The van der Waals surface area contributed by atoms with E-state index in [1.165, 1.54) is 18.4 Å². The van der Waals surface area contributed by atoms with Gasteiger partial charge in [-0.25, -0.2) is 0 Å². The molecule has 0 aliphatic carbocycles. The van der Waals surface area contributed by atoms with Crippen molar-refractivity contribution in [3.63, 3.8) is 0 Å². The maximum atomic E-state index is 9.18. The summed E-state index contributed by atoms with van der Waals surface area (Å²) in [6.45, 7) is 6.45. The number of aliphatic hydroxyl groups excluding tert-OH is 1. The van der Waals surface area contributed by atoms with Crippen LogP contribution in [0.1, 0.15) is 31.2 Å². The molecule has 19 heavy (non-hydrogen) atoms. The summed E-state index contributed by atoms with van der Waals surface area (Å²) in [6, 6.07) is 11.3. The third kappa shape index (κ3) is 4.30. The maximum absolute atomic E-state index is 9.18. The van der Waals surface area contributed by atoms with Crippen molar-refractivity contribution in [3.05, 3.63) is 35.9 Å². The number of rotatable bonds is 6. The van der Waals surface area contributed by atoms with Crippen LogP contribution in [0, 0.1) is 0 Å². The first kappa shape index (κ1) is 14.5. The van der Waals surface area contributed by atoms with E-state index < -0.39 is 0 Å². The number of aliphatic hydroxyl groups is 1. The molecular weight excluding hydrogens is 236 g/mol. The number of likely N-dealkylation sites (tertiary alicyclic amines) is 1. The molecule has 1 fully saturated rings. The average Bonchev–Trinajstić information content (AvgIpc) is 2.46. The molecule has 0 amide bonds. The van der Waals surface area contributed by atoms with Gasteiger partial charge in [-0.15, -0.1) is 0 Å². The van der Waals surface area contributed by atoms with Crippen molar-refractivity contribution in [1.82, 2.24) is 10.2 Å². The highest BCUT2D eigenvalue weighted by Crippen LogP contribution is 2.26. The van der Waals surface area contributed by atoms with Gasteiger partial charge in [-0.3, -0.25) is 4.90 Å². The molecule has 2 unspecified atom stereocenters. The number of hydrogen-bond donors (Lipinski definition) is 2. The third-order valence-corrected chi connectivity index (χ3v) is 3.90. The van der Waals surface area contributed by atoms with Crippen LogP contribution in [0.4, 0.5) is 0 Å². The minimum absolute atomic E-state index is 0.252. The Bertz CT molecular complexity index is 355. The Morgan fingerprint density at radius 1 is 1.26 bits per heavy atom. The zero-order valence-electron chi connectivity index (χ0n) is 11.9. The second-order valence-electron chi connectivity index (χ2n) is 5.48. The number of nitrogens with one attached hydrogen (secondary N) is 1. The summed E-state index contributed by atoms with van der Waals surface area (Å²) in [6.07, 6.45) is 2.37. The molecule has 106 valence electrons. The average molecular weight is 262 g/mol. The Balaban J connectivity index is 2.01. The van der Waals surface area contributed by atoms with E-state index in [4.69, 9.17) is 0 Å². The Hall–Kier alpha value is -0.900. The molecule has 0 aromatic heterocycles. The molecular formula is C16H26N2O. The molecule has 0 radical (unpaired) electrons. The first-order valence-corrected chi connectivity index (χ1v) is 7.45. The standard InChI is InChI=1S/C16H26N2O/c1-2-8-17-16-11-15(12-18(13-16)9-10-19)14-6-4-3-5-7-14/h3-7,15-17,19H,2,8-13H2,1H3. The van der Waals surface area contributed by atoms with Crippen LogP contribution in [0.5, 0.6) is 0 Å². The van der Waals surface area contributed by atoms with Crippen LogP contribution in [0.15, 0.2) is 30.3 Å². The van der Waals surface area contributed by atoms with Crippen molar-refractivity contribution >= 4 is 0 Å². The summed E-state index contributed by atoms with van der Waals surface area (Å²) in [5.74, 6) is 0.579. The van der Waals surface area contributed by atoms with Crippen LogP contribution in [0.25, 0.3) is 0 Å². The van der Waals surface area contributed by atoms with Gasteiger partial charge in [0.25, 0.3) is 0 Å². The Labute approximate surface area is 116 Å². The van der Waals surface area contributed by atoms with Crippen molar-refractivity contribution in [2.45, 2.75) is 31.7 Å². The lowest BCUT2D eigenvalue weighted by Gasteiger charge is -2.38. The second kappa shape index (κ2) is 7.63. The van der Waals surface area contributed by atoms with Crippen LogP contribution in [-0.2, 0) is 0 Å². The maximum Gasteiger partial charge on any atom is 0.0558 e. The topological polar surface area (TPSA) is 35.5 Å². The molecule has 2 atom stereocenters. The van der Waals surface area contributed by atoms with Gasteiger partial charge in [-0.1, -0.05) is 37.3 Å². The monoisotopic (exact) mass is 262 g/mol. The number of hydrogen-bond acceptors (Lipinski definition) is 3. The van der Waals surface area contributed by atoms with Crippen LogP contribution in [0.2, 0.25) is 0 Å². The summed E-state index contributed by atoms with van der Waals surface area (Å²) in [5, 5.41) is 12.8. The molecule has 0 bridgehead atoms. The SMILES string of the molecule is CCCNC1CC(c2ccccc2)CN(CCO)C1. The fourth-order valence-electron chi connectivity index (χ4n) is 2.98. The molecule has 1 aliphatic rings. The molecule has 0 saturated carbocycles. The van der Waals surface area contributed by atoms with E-state index in [0.717, 1.165) is 26.2 Å². The summed E-state index contributed by atoms with van der Waals surface area (Å²) < 4.78 is 0. The minimum Gasteiger partial charge on any atom is -0.395 e. The van der Waals surface area contributed by atoms with Crippen LogP contribution in [0.3, 0.4) is 0 Å². The smallest absolute Gasteiger partial charge is 0.0558 e. The zero-order valence-corrected chi connectivity index (χ0v) is 11.9. The highest BCUT2D eigenvalue weighted by atomic mass is 16.3. The fraction of sp³-hybridized carbons (Fsp3) is 0.625. The minimum atomic E-state index is 0.252. The van der Waals surface area contributed by atoms with E-state index in [1.54, 1.807) is 0 Å². The third-order valence-electron chi connectivity index (χ3n) is 3.90. The van der Waals surface area contributed by atoms with Crippen molar-refractivity contribution in [3.8, 4) is 0 Å². The Morgan fingerprint density at radius 2 is 2.05 bits per heavy atom. The number of nitrogens with zero attached hydrogens (tertiary/aromatic N) is 1. The fourth-order valence-corrected chi connectivity index (χ4v) is 2.98. The lowest BCUT2D eigenvalue weighted by atomic mass is 9.88. The molecule has 1 saturated heterocycles. The Morgan fingerprint density at radius 3 is 2.74 bits per heavy atom. The first-order chi connectivity index (χ1) is 9.33. The van der Waals surface area contributed by atoms with Crippen molar-refractivity contribution in [2.75, 3.05) is 32.8 Å². The van der Waals surface area contributed by atoms with E-state index in [9.17, 15) is 5.11 Å². The van der Waals surface area contributed by atoms with Gasteiger partial charge < -0.3 is 10.4 Å². The normalized spacial score (nSPS) is 24.5. The second-order valence-corrected chi connectivity index (χ2v) is 5.48. The lowest BCUT2D eigenvalue weighted by Crippen LogP contribution is -2.49. The van der Waals surface area contributed by atoms with Gasteiger partial charge in [-0.05, 0) is 30.9 Å². The summed E-state index contributed by atoms with van der Waals surface area (Å²) in [5.41, 5.74) is 1.42. The number of piperidine rings is 1. The molecule has 1 aromatic rings. The number of benzene rings is 1. The van der Waals surface area contributed by atoms with Gasteiger partial charge in [0.05, 0.1) is 6.61 Å². The van der Waals surface area contributed by atoms with Gasteiger partial charge in [0.1, 0.15) is 0 Å². The van der Waals surface area contributed by atoms with Crippen LogP contribution >= 0.6 is 0 Å². The largest absolute Gasteiger partial charge is 0.395 e. The van der Waals surface area contributed by atoms with E-state index in [1.807, 2.05) is 0 Å². The number of β-amino-alcohol motifs (C(OH)–C–C–N with tert-alkyl or cyclic N) is 1. The molecule has 2 N–H and O–H groups in total. The molecule has 1 aliphatic heterocycles. The van der Waals surface area contributed by atoms with Crippen molar-refractivity contribution in [1.29, 1.82) is 0 Å². The lowest BCUT2D eigenvalue weighted by molar-refractivity contribution is 0.138. The first-order valence-electron chi connectivity index (χ1n) is 7.45. The van der Waals surface area contributed by atoms with Crippen molar-refractivity contribution < 1.29 is 5.11 Å². The molecule has 3 heteroatoms. The highest BCUT2D eigenvalue weighted by Gasteiger charge is 2.27. The molecule has 1 aromatic carbocycles. The molecule has 1 heterocycles. The quantitative estimate of drug-likeness (QED) is 0.821. The van der Waals surface area contributed by atoms with E-state index >= 15 is 0 Å². The van der Waals surface area contributed by atoms with E-state index in [0.29, 0.717) is 12.0 Å². The predicted octanol–water partition coefficient (Wildman–Crippen LogP) is 1.84. The van der Waals surface area contributed by atoms with Gasteiger partial charge in [0, 0.05) is 25.7 Å². The van der Waals surface area contributed by atoms with Gasteiger partial charge in [0.15, 0.2) is 0 Å². The van der Waals surface area contributed by atoms with Crippen LogP contribution in [-0.4, -0.2) is 48.8 Å². The van der Waals surface area contributed by atoms with Crippen LogP contribution < -0.4 is 5.32 Å². The zero-order chi connectivity index (χ0) is 13.5. The van der Waals surface area contributed by atoms with E-state index in [2.05, 4.69) is 47.5 Å². The van der Waals surface area contributed by atoms with Gasteiger partial charge in [-0.2, -0.15) is 0 Å². The van der Waals surface area contributed by atoms with Gasteiger partial charge >= 0.3 is 0 Å². The highest BCUT2D eigenvalue weighted by molar-refractivity contribution is 5.21. The summed E-state index contributed by atoms with van der Waals surface area (Å²) >= 11 is 0. The summed E-state index contributed by atoms with van der Waals surface area (Å²) in [4.78, 5) is 2.38. The Kier molecular flexibility index (Phi) is 5.83. The predicted molar refractivity (Wildman–Crippen MR) is 79.4 cm³/mol. The molecule has 0 spiro atoms. The molecule has 2 rings (SSSR count). The van der Waals surface area contributed by atoms with Crippen molar-refractivity contribution in [2.24, 2.45) is 0 Å².